The maximum atomic E-state index is 13.2. The number of thioether (sulfide) groups is 1. The molecule has 1 atom stereocenters. The summed E-state index contributed by atoms with van der Waals surface area (Å²) in [4.78, 5) is 34.0. The Labute approximate surface area is 175 Å². The molecule has 0 unspecified atom stereocenters. The van der Waals surface area contributed by atoms with E-state index in [1.165, 1.54) is 11.8 Å². The van der Waals surface area contributed by atoms with Gasteiger partial charge in [0, 0.05) is 28.9 Å². The number of carbonyl (C=O) groups is 1. The number of hydrogen-bond acceptors (Lipinski definition) is 5. The molecule has 1 aromatic heterocycles. The fourth-order valence-corrected chi connectivity index (χ4v) is 5.10. The van der Waals surface area contributed by atoms with E-state index < -0.39 is 0 Å². The van der Waals surface area contributed by atoms with Crippen LogP contribution in [0, 0.1) is 12.3 Å². The number of aromatic nitrogens is 2. The molecule has 4 rings (SSSR count). The molecule has 1 aromatic carbocycles. The highest BCUT2D eigenvalue weighted by Crippen LogP contribution is 2.47. The zero-order valence-corrected chi connectivity index (χ0v) is 18.4. The fraction of sp³-hybridized carbons (Fsp3) is 0.435. The number of nitrogens with zero attached hydrogens (tertiary/aromatic N) is 1. The number of rotatable bonds is 3. The zero-order valence-electron chi connectivity index (χ0n) is 17.6. The summed E-state index contributed by atoms with van der Waals surface area (Å²) in [6.07, 6.45) is 1.24. The molecule has 0 saturated heterocycles. The van der Waals surface area contributed by atoms with Crippen LogP contribution in [0.5, 0.6) is 0 Å². The maximum absolute atomic E-state index is 13.2. The molecule has 0 fully saturated rings. The van der Waals surface area contributed by atoms with Gasteiger partial charge in [0.15, 0.2) is 10.9 Å². The topological polar surface area (TPSA) is 74.8 Å². The smallest absolute Gasteiger partial charge is 0.257 e. The molecule has 2 aliphatic rings. The number of ketones is 1. The number of carbonyl (C=O) groups excluding carboxylic acids is 1. The van der Waals surface area contributed by atoms with Crippen molar-refractivity contribution in [3.8, 4) is 0 Å². The summed E-state index contributed by atoms with van der Waals surface area (Å²) in [6.45, 7) is 10.4. The highest BCUT2D eigenvalue weighted by atomic mass is 32.2. The number of allylic oxidation sites excluding steroid dienone is 2. The number of hydrogen-bond donors (Lipinski definition) is 2. The monoisotopic (exact) mass is 409 g/mol. The SMILES string of the molecule is Cc1cccc([C@H]2C3=C(CC(C)(C)CC3=O)Nc3nc(SC(C)C)[nH]c(=O)c32)c1. The van der Waals surface area contributed by atoms with Gasteiger partial charge in [-0.25, -0.2) is 4.98 Å². The minimum atomic E-state index is -0.390. The molecule has 1 aliphatic heterocycles. The first kappa shape index (κ1) is 20.0. The van der Waals surface area contributed by atoms with E-state index in [0.717, 1.165) is 28.8 Å². The minimum absolute atomic E-state index is 0.112. The average Bonchev–Trinajstić information content (AvgIpc) is 2.58. The first-order valence-corrected chi connectivity index (χ1v) is 10.9. The molecule has 152 valence electrons. The summed E-state index contributed by atoms with van der Waals surface area (Å²) >= 11 is 1.52. The van der Waals surface area contributed by atoms with Crippen molar-refractivity contribution in [3.63, 3.8) is 0 Å². The van der Waals surface area contributed by atoms with Crippen LogP contribution in [0.2, 0.25) is 0 Å². The van der Waals surface area contributed by atoms with Crippen LogP contribution >= 0.6 is 11.8 Å². The highest BCUT2D eigenvalue weighted by molar-refractivity contribution is 7.99. The van der Waals surface area contributed by atoms with Crippen LogP contribution in [0.1, 0.15) is 63.1 Å². The Kier molecular flexibility index (Phi) is 4.93. The lowest BCUT2D eigenvalue weighted by molar-refractivity contribution is -0.118. The van der Waals surface area contributed by atoms with Crippen molar-refractivity contribution in [2.75, 3.05) is 5.32 Å². The van der Waals surface area contributed by atoms with E-state index in [1.54, 1.807) is 0 Å². The van der Waals surface area contributed by atoms with Gasteiger partial charge in [-0.2, -0.15) is 0 Å². The van der Waals surface area contributed by atoms with Gasteiger partial charge in [0.1, 0.15) is 5.82 Å². The lowest BCUT2D eigenvalue weighted by atomic mass is 9.69. The van der Waals surface area contributed by atoms with E-state index in [2.05, 4.69) is 44.1 Å². The van der Waals surface area contributed by atoms with Gasteiger partial charge in [-0.15, -0.1) is 0 Å². The lowest BCUT2D eigenvalue weighted by Crippen LogP contribution is -2.37. The Morgan fingerprint density at radius 3 is 2.66 bits per heavy atom. The summed E-state index contributed by atoms with van der Waals surface area (Å²) in [5.41, 5.74) is 3.93. The maximum Gasteiger partial charge on any atom is 0.257 e. The molecular formula is C23H27N3O2S. The molecule has 1 aliphatic carbocycles. The molecular weight excluding hydrogens is 382 g/mol. The highest BCUT2D eigenvalue weighted by Gasteiger charge is 2.42. The van der Waals surface area contributed by atoms with Crippen LogP contribution in [-0.4, -0.2) is 21.0 Å². The fourth-order valence-electron chi connectivity index (χ4n) is 4.36. The van der Waals surface area contributed by atoms with E-state index in [0.29, 0.717) is 28.2 Å². The third-order valence-electron chi connectivity index (χ3n) is 5.42. The van der Waals surface area contributed by atoms with Crippen molar-refractivity contribution in [2.45, 2.75) is 63.8 Å². The van der Waals surface area contributed by atoms with E-state index in [1.807, 2.05) is 25.1 Å². The van der Waals surface area contributed by atoms with Crippen LogP contribution in [0.3, 0.4) is 0 Å². The molecule has 2 N–H and O–H groups in total. The second kappa shape index (κ2) is 7.17. The summed E-state index contributed by atoms with van der Waals surface area (Å²) in [5, 5.41) is 4.27. The normalized spacial score (nSPS) is 20.3. The number of fused-ring (bicyclic) bond motifs is 1. The molecule has 5 nitrogen and oxygen atoms in total. The van der Waals surface area contributed by atoms with Crippen LogP contribution in [-0.2, 0) is 4.79 Å². The van der Waals surface area contributed by atoms with Gasteiger partial charge >= 0.3 is 0 Å². The average molecular weight is 410 g/mol. The number of benzene rings is 1. The van der Waals surface area contributed by atoms with Gasteiger partial charge in [-0.1, -0.05) is 69.3 Å². The number of nitrogens with one attached hydrogen (secondary N) is 2. The summed E-state index contributed by atoms with van der Waals surface area (Å²) < 4.78 is 0. The number of Topliss-reactive ketones (excluding diaryl/α,β-unsaturated/α-hetero) is 1. The Bertz CT molecular complexity index is 1080. The number of anilines is 1. The summed E-state index contributed by atoms with van der Waals surface area (Å²) in [7, 11) is 0. The number of aromatic amines is 1. The third-order valence-corrected chi connectivity index (χ3v) is 6.31. The largest absolute Gasteiger partial charge is 0.343 e. The van der Waals surface area contributed by atoms with E-state index >= 15 is 0 Å². The molecule has 2 aromatic rings. The summed E-state index contributed by atoms with van der Waals surface area (Å²) in [6, 6.07) is 8.07. The van der Waals surface area contributed by atoms with Gasteiger partial charge in [0.25, 0.3) is 5.56 Å². The second-order valence-electron chi connectivity index (χ2n) is 9.11. The van der Waals surface area contributed by atoms with Crippen molar-refractivity contribution in [1.29, 1.82) is 0 Å². The van der Waals surface area contributed by atoms with E-state index in [4.69, 9.17) is 4.98 Å². The first-order chi connectivity index (χ1) is 13.6. The Hall–Kier alpha value is -2.34. The molecule has 6 heteroatoms. The van der Waals surface area contributed by atoms with Crippen molar-refractivity contribution >= 4 is 23.4 Å². The van der Waals surface area contributed by atoms with Crippen molar-refractivity contribution < 1.29 is 4.79 Å². The van der Waals surface area contributed by atoms with Gasteiger partial charge in [-0.3, -0.25) is 9.59 Å². The predicted octanol–water partition coefficient (Wildman–Crippen LogP) is 4.78. The molecule has 0 bridgehead atoms. The first-order valence-electron chi connectivity index (χ1n) is 10.1. The van der Waals surface area contributed by atoms with Crippen molar-refractivity contribution in [2.24, 2.45) is 5.41 Å². The minimum Gasteiger partial charge on any atom is -0.343 e. The van der Waals surface area contributed by atoms with Crippen molar-refractivity contribution in [3.05, 3.63) is 62.6 Å². The molecule has 0 saturated carbocycles. The molecule has 0 amide bonds. The number of aryl methyl sites for hydroxylation is 1. The Morgan fingerprint density at radius 2 is 1.97 bits per heavy atom. The Balaban J connectivity index is 1.94. The van der Waals surface area contributed by atoms with Crippen LogP contribution in [0.4, 0.5) is 5.82 Å². The molecule has 0 radical (unpaired) electrons. The van der Waals surface area contributed by atoms with Gasteiger partial charge in [-0.05, 0) is 24.3 Å². The second-order valence-corrected chi connectivity index (χ2v) is 10.7. The van der Waals surface area contributed by atoms with Crippen LogP contribution < -0.4 is 10.9 Å². The Morgan fingerprint density at radius 1 is 1.21 bits per heavy atom. The van der Waals surface area contributed by atoms with Gasteiger partial charge < -0.3 is 10.3 Å². The van der Waals surface area contributed by atoms with E-state index in [9.17, 15) is 9.59 Å². The predicted molar refractivity (Wildman–Crippen MR) is 118 cm³/mol. The van der Waals surface area contributed by atoms with Gasteiger partial charge in [0.2, 0.25) is 0 Å². The third kappa shape index (κ3) is 3.78. The molecule has 0 spiro atoms. The van der Waals surface area contributed by atoms with Crippen molar-refractivity contribution in [1.82, 2.24) is 9.97 Å². The summed E-state index contributed by atoms with van der Waals surface area (Å²) in [5.74, 6) is 0.299. The van der Waals surface area contributed by atoms with Crippen LogP contribution in [0.15, 0.2) is 45.5 Å². The molecule has 2 heterocycles. The zero-order chi connectivity index (χ0) is 20.9. The number of H-pyrrole nitrogens is 1. The standard InChI is InChI=1S/C23H27N3O2S/c1-12(2)29-22-25-20-19(21(28)26-22)17(14-8-6-7-13(3)9-14)18-15(24-20)10-23(4,5)11-16(18)27/h6-9,12,17H,10-11H2,1-5H3,(H2,24,25,26,28)/t17-/m0/s1. The van der Waals surface area contributed by atoms with E-state index in [-0.39, 0.29) is 22.7 Å². The molecule has 29 heavy (non-hydrogen) atoms. The van der Waals surface area contributed by atoms with Crippen LogP contribution in [0.25, 0.3) is 0 Å². The lowest BCUT2D eigenvalue weighted by Gasteiger charge is -2.38. The van der Waals surface area contributed by atoms with Gasteiger partial charge in [0.05, 0.1) is 5.56 Å². The quantitative estimate of drug-likeness (QED) is 0.564.